The maximum absolute atomic E-state index is 5.75. The van der Waals surface area contributed by atoms with Crippen molar-refractivity contribution in [1.82, 2.24) is 15.4 Å². The van der Waals surface area contributed by atoms with Gasteiger partial charge in [0.2, 0.25) is 0 Å². The van der Waals surface area contributed by atoms with E-state index in [0.29, 0.717) is 0 Å². The lowest BCUT2D eigenvalue weighted by atomic mass is 10.0. The van der Waals surface area contributed by atoms with Crippen molar-refractivity contribution < 1.29 is 0 Å². The Balaban J connectivity index is 2.09. The number of benzene rings is 1. The number of hydrazine groups is 1. The van der Waals surface area contributed by atoms with Gasteiger partial charge < -0.3 is 0 Å². The number of fused-ring (bicyclic) bond motifs is 1. The number of nitrogens with one attached hydrogen (secondary N) is 1. The highest BCUT2D eigenvalue weighted by atomic mass is 79.9. The second-order valence-corrected chi connectivity index (χ2v) is 5.73. The molecule has 3 N–H and O–H groups in total. The molecule has 1 aromatic carbocycles. The van der Waals surface area contributed by atoms with Crippen molar-refractivity contribution >= 4 is 26.8 Å². The zero-order chi connectivity index (χ0) is 14.8. The monoisotopic (exact) mass is 342 g/mol. The molecule has 3 aromatic rings. The molecule has 0 bridgehead atoms. The summed E-state index contributed by atoms with van der Waals surface area (Å²) in [5, 5.41) is 1.09. The van der Waals surface area contributed by atoms with Crippen molar-refractivity contribution in [1.29, 1.82) is 0 Å². The minimum absolute atomic E-state index is 0.175. The molecular weight excluding hydrogens is 328 g/mol. The van der Waals surface area contributed by atoms with Crippen LogP contribution in [-0.2, 0) is 0 Å². The van der Waals surface area contributed by atoms with E-state index in [1.54, 1.807) is 6.20 Å². The minimum Gasteiger partial charge on any atom is -0.271 e. The fourth-order valence-electron chi connectivity index (χ4n) is 2.37. The van der Waals surface area contributed by atoms with E-state index in [1.165, 1.54) is 0 Å². The fourth-order valence-corrected chi connectivity index (χ4v) is 2.85. The maximum Gasteiger partial charge on any atom is 0.0893 e. The number of nitrogens with two attached hydrogens (primary N) is 1. The van der Waals surface area contributed by atoms with Crippen LogP contribution in [0.25, 0.3) is 10.9 Å². The molecule has 2 aromatic heterocycles. The van der Waals surface area contributed by atoms with Crippen molar-refractivity contribution in [2.45, 2.75) is 13.0 Å². The van der Waals surface area contributed by atoms with Crippen molar-refractivity contribution in [3.8, 4) is 0 Å². The molecule has 0 spiro atoms. The highest BCUT2D eigenvalue weighted by Gasteiger charge is 2.17. The Morgan fingerprint density at radius 3 is 2.81 bits per heavy atom. The van der Waals surface area contributed by atoms with Crippen LogP contribution in [0, 0.1) is 6.92 Å². The maximum atomic E-state index is 5.75. The van der Waals surface area contributed by atoms with E-state index in [2.05, 4.69) is 43.5 Å². The molecule has 0 aliphatic rings. The summed E-state index contributed by atoms with van der Waals surface area (Å²) in [5.74, 6) is 5.75. The molecule has 2 heterocycles. The third-order valence-electron chi connectivity index (χ3n) is 3.41. The number of aryl methyl sites for hydroxylation is 1. The Bertz CT molecular complexity index is 788. The van der Waals surface area contributed by atoms with Crippen LogP contribution in [0.1, 0.15) is 23.0 Å². The van der Waals surface area contributed by atoms with Crippen LogP contribution >= 0.6 is 15.9 Å². The summed E-state index contributed by atoms with van der Waals surface area (Å²) in [7, 11) is 0. The predicted octanol–water partition coefficient (Wildman–Crippen LogP) is 3.25. The third-order valence-corrected chi connectivity index (χ3v) is 4.08. The Morgan fingerprint density at radius 2 is 2.05 bits per heavy atom. The molecule has 0 saturated heterocycles. The highest BCUT2D eigenvalue weighted by Crippen LogP contribution is 2.27. The van der Waals surface area contributed by atoms with Crippen LogP contribution in [0.3, 0.4) is 0 Å². The van der Waals surface area contributed by atoms with Gasteiger partial charge in [0.05, 0.1) is 17.3 Å². The van der Waals surface area contributed by atoms with Gasteiger partial charge in [-0.25, -0.2) is 5.43 Å². The lowest BCUT2D eigenvalue weighted by molar-refractivity contribution is 0.618. The first kappa shape index (κ1) is 14.1. The molecule has 0 aliphatic carbocycles. The molecule has 21 heavy (non-hydrogen) atoms. The van der Waals surface area contributed by atoms with E-state index in [9.17, 15) is 0 Å². The summed E-state index contributed by atoms with van der Waals surface area (Å²) in [6, 6.07) is 13.9. The number of nitrogens with zero attached hydrogens (tertiary/aromatic N) is 2. The number of aromatic nitrogens is 2. The summed E-state index contributed by atoms with van der Waals surface area (Å²) >= 11 is 3.52. The quantitative estimate of drug-likeness (QED) is 0.566. The van der Waals surface area contributed by atoms with Crippen LogP contribution in [0.5, 0.6) is 0 Å². The molecule has 1 atom stereocenters. The van der Waals surface area contributed by atoms with Crippen LogP contribution in [-0.4, -0.2) is 9.97 Å². The lowest BCUT2D eigenvalue weighted by Crippen LogP contribution is -2.29. The number of rotatable bonds is 3. The van der Waals surface area contributed by atoms with Crippen molar-refractivity contribution in [3.63, 3.8) is 0 Å². The van der Waals surface area contributed by atoms with Gasteiger partial charge in [0.15, 0.2) is 0 Å². The Labute approximate surface area is 131 Å². The van der Waals surface area contributed by atoms with Crippen LogP contribution < -0.4 is 11.3 Å². The van der Waals surface area contributed by atoms with Gasteiger partial charge >= 0.3 is 0 Å². The Kier molecular flexibility index (Phi) is 3.96. The molecule has 0 aliphatic heterocycles. The summed E-state index contributed by atoms with van der Waals surface area (Å²) in [6.45, 7) is 1.99. The van der Waals surface area contributed by atoms with Crippen molar-refractivity contribution in [2.75, 3.05) is 0 Å². The average Bonchev–Trinajstić information content (AvgIpc) is 2.50. The van der Waals surface area contributed by atoms with Gasteiger partial charge in [-0.3, -0.25) is 15.8 Å². The summed E-state index contributed by atoms with van der Waals surface area (Å²) in [5.41, 5.74) is 6.74. The standard InChI is InChI=1S/C16H15BrN4/c1-10-4-5-11-9-12(6-7-14(11)20-10)15(21-18)16-13(17)3-2-8-19-16/h2-9,15,21H,18H2,1H3. The van der Waals surface area contributed by atoms with Crippen LogP contribution in [0.15, 0.2) is 53.1 Å². The fraction of sp³-hybridized carbons (Fsp3) is 0.125. The average molecular weight is 343 g/mol. The summed E-state index contributed by atoms with van der Waals surface area (Å²) in [4.78, 5) is 8.93. The van der Waals surface area contributed by atoms with Crippen LogP contribution in [0.4, 0.5) is 0 Å². The number of hydrogen-bond donors (Lipinski definition) is 2. The van der Waals surface area contributed by atoms with Gasteiger partial charge in [-0.2, -0.15) is 0 Å². The van der Waals surface area contributed by atoms with Crippen LogP contribution in [0.2, 0.25) is 0 Å². The van der Waals surface area contributed by atoms with Gasteiger partial charge in [0.25, 0.3) is 0 Å². The van der Waals surface area contributed by atoms with Gasteiger partial charge in [-0.15, -0.1) is 0 Å². The third kappa shape index (κ3) is 2.81. The van der Waals surface area contributed by atoms with E-state index in [0.717, 1.165) is 32.3 Å². The largest absolute Gasteiger partial charge is 0.271 e. The van der Waals surface area contributed by atoms with Crippen molar-refractivity contribution in [2.24, 2.45) is 5.84 Å². The predicted molar refractivity (Wildman–Crippen MR) is 87.6 cm³/mol. The molecule has 0 amide bonds. The van der Waals surface area contributed by atoms with Crippen molar-refractivity contribution in [3.05, 3.63) is 70.1 Å². The first-order chi connectivity index (χ1) is 10.2. The molecule has 106 valence electrons. The SMILES string of the molecule is Cc1ccc2cc(C(NN)c3ncccc3Br)ccc2n1. The van der Waals surface area contributed by atoms with Gasteiger partial charge in [-0.05, 0) is 58.7 Å². The topological polar surface area (TPSA) is 63.8 Å². The molecule has 0 saturated carbocycles. The van der Waals surface area contributed by atoms with E-state index >= 15 is 0 Å². The van der Waals surface area contributed by atoms with E-state index in [1.807, 2.05) is 37.3 Å². The normalized spacial score (nSPS) is 12.5. The Morgan fingerprint density at radius 1 is 1.19 bits per heavy atom. The molecule has 0 radical (unpaired) electrons. The second-order valence-electron chi connectivity index (χ2n) is 4.87. The number of halogens is 1. The summed E-state index contributed by atoms with van der Waals surface area (Å²) in [6.07, 6.45) is 1.76. The zero-order valence-corrected chi connectivity index (χ0v) is 13.1. The Hall–Kier alpha value is -1.82. The van der Waals surface area contributed by atoms with Gasteiger partial charge in [-0.1, -0.05) is 12.1 Å². The number of pyridine rings is 2. The first-order valence-corrected chi connectivity index (χ1v) is 7.42. The molecule has 4 nitrogen and oxygen atoms in total. The second kappa shape index (κ2) is 5.89. The van der Waals surface area contributed by atoms with Gasteiger partial charge in [0, 0.05) is 21.7 Å². The van der Waals surface area contributed by atoms with Gasteiger partial charge in [0.1, 0.15) is 0 Å². The zero-order valence-electron chi connectivity index (χ0n) is 11.5. The molecule has 0 fully saturated rings. The number of hydrogen-bond acceptors (Lipinski definition) is 4. The highest BCUT2D eigenvalue weighted by molar-refractivity contribution is 9.10. The minimum atomic E-state index is -0.175. The lowest BCUT2D eigenvalue weighted by Gasteiger charge is -2.17. The summed E-state index contributed by atoms with van der Waals surface area (Å²) < 4.78 is 0.926. The molecule has 5 heteroatoms. The van der Waals surface area contributed by atoms with E-state index in [-0.39, 0.29) is 6.04 Å². The first-order valence-electron chi connectivity index (χ1n) is 6.63. The smallest absolute Gasteiger partial charge is 0.0893 e. The molecule has 3 rings (SSSR count). The molecule has 1 unspecified atom stereocenters. The van der Waals surface area contributed by atoms with E-state index < -0.39 is 0 Å². The molecular formula is C16H15BrN4. The van der Waals surface area contributed by atoms with E-state index in [4.69, 9.17) is 5.84 Å².